The minimum atomic E-state index is -0.0895. The Morgan fingerprint density at radius 2 is 1.88 bits per heavy atom. The van der Waals surface area contributed by atoms with Crippen molar-refractivity contribution in [3.8, 4) is 0 Å². The molecular weight excluding hydrogens is 511 g/mol. The van der Waals surface area contributed by atoms with Gasteiger partial charge in [-0.15, -0.1) is 24.0 Å². The molecule has 148 valence electrons. The highest BCUT2D eigenvalue weighted by molar-refractivity contribution is 14.0. The van der Waals surface area contributed by atoms with E-state index in [0.717, 1.165) is 36.6 Å². The first-order valence-electron chi connectivity index (χ1n) is 8.59. The van der Waals surface area contributed by atoms with E-state index in [1.807, 2.05) is 12.1 Å². The lowest BCUT2D eigenvalue weighted by Gasteiger charge is -2.13. The monoisotopic (exact) mass is 540 g/mol. The number of guanidine groups is 1. The van der Waals surface area contributed by atoms with Crippen LogP contribution in [0.4, 0.5) is 0 Å². The summed E-state index contributed by atoms with van der Waals surface area (Å²) in [6.07, 6.45) is 0.924. The smallest absolute Gasteiger partial charge is 0.251 e. The highest BCUT2D eigenvalue weighted by Crippen LogP contribution is 2.11. The van der Waals surface area contributed by atoms with E-state index in [-0.39, 0.29) is 29.9 Å². The number of hydrogen-bond donors (Lipinski definition) is 3. The number of amides is 1. The van der Waals surface area contributed by atoms with Crippen LogP contribution in [0.3, 0.4) is 0 Å². The molecule has 26 heavy (non-hydrogen) atoms. The molecule has 0 fully saturated rings. The topological polar surface area (TPSA) is 74.8 Å². The second kappa shape index (κ2) is 15.2. The van der Waals surface area contributed by atoms with Gasteiger partial charge < -0.3 is 20.7 Å². The van der Waals surface area contributed by atoms with Crippen LogP contribution in [0, 0.1) is 5.92 Å². The minimum Gasteiger partial charge on any atom is -0.381 e. The van der Waals surface area contributed by atoms with Gasteiger partial charge in [-0.1, -0.05) is 35.8 Å². The first kappa shape index (κ1) is 25.1. The van der Waals surface area contributed by atoms with E-state index in [9.17, 15) is 4.79 Å². The lowest BCUT2D eigenvalue weighted by Crippen LogP contribution is -2.42. The summed E-state index contributed by atoms with van der Waals surface area (Å²) < 4.78 is 6.42. The lowest BCUT2D eigenvalue weighted by atomic mass is 10.2. The van der Waals surface area contributed by atoms with Gasteiger partial charge >= 0.3 is 0 Å². The summed E-state index contributed by atoms with van der Waals surface area (Å²) >= 11 is 3.36. The van der Waals surface area contributed by atoms with Crippen LogP contribution >= 0.6 is 39.9 Å². The first-order valence-corrected chi connectivity index (χ1v) is 9.38. The van der Waals surface area contributed by atoms with Crippen LogP contribution in [0.15, 0.2) is 33.7 Å². The number of nitrogens with zero attached hydrogens (tertiary/aromatic N) is 1. The van der Waals surface area contributed by atoms with Crippen LogP contribution in [0.5, 0.6) is 0 Å². The van der Waals surface area contributed by atoms with Crippen molar-refractivity contribution in [2.24, 2.45) is 10.9 Å². The molecule has 1 aromatic rings. The molecule has 0 bridgehead atoms. The van der Waals surface area contributed by atoms with E-state index in [1.165, 1.54) is 0 Å². The fourth-order valence-corrected chi connectivity index (χ4v) is 2.41. The molecule has 0 aromatic heterocycles. The number of aliphatic imine (C=N–C) groups is 1. The molecule has 0 unspecified atom stereocenters. The molecule has 6 nitrogen and oxygen atoms in total. The van der Waals surface area contributed by atoms with Crippen molar-refractivity contribution < 1.29 is 9.53 Å². The molecule has 0 heterocycles. The van der Waals surface area contributed by atoms with Gasteiger partial charge in [-0.25, -0.2) is 0 Å². The van der Waals surface area contributed by atoms with Crippen LogP contribution in [-0.4, -0.2) is 51.8 Å². The summed E-state index contributed by atoms with van der Waals surface area (Å²) in [6, 6.07) is 7.32. The molecule has 0 radical (unpaired) electrons. The Labute approximate surface area is 182 Å². The number of ether oxygens (including phenoxy) is 1. The van der Waals surface area contributed by atoms with Crippen LogP contribution < -0.4 is 16.0 Å². The third-order valence-corrected chi connectivity index (χ3v) is 3.72. The maximum absolute atomic E-state index is 12.0. The lowest BCUT2D eigenvalue weighted by molar-refractivity contribution is 0.0954. The third kappa shape index (κ3) is 11.7. The van der Waals surface area contributed by atoms with E-state index < -0.39 is 0 Å². The maximum Gasteiger partial charge on any atom is 0.251 e. The molecule has 0 aliphatic heterocycles. The summed E-state index contributed by atoms with van der Waals surface area (Å²) in [5.74, 6) is 1.20. The van der Waals surface area contributed by atoms with Gasteiger partial charge in [0.25, 0.3) is 5.91 Å². The zero-order valence-corrected chi connectivity index (χ0v) is 19.6. The van der Waals surface area contributed by atoms with Crippen molar-refractivity contribution in [2.75, 3.05) is 39.9 Å². The van der Waals surface area contributed by atoms with Gasteiger partial charge in [0.05, 0.1) is 0 Å². The van der Waals surface area contributed by atoms with Gasteiger partial charge in [0.1, 0.15) is 0 Å². The van der Waals surface area contributed by atoms with Gasteiger partial charge in [0.2, 0.25) is 0 Å². The van der Waals surface area contributed by atoms with Gasteiger partial charge in [-0.2, -0.15) is 0 Å². The number of rotatable bonds is 10. The SMILES string of the molecule is CN=C(NCCCOCC(C)C)NCCNC(=O)c1cccc(Br)c1.I. The highest BCUT2D eigenvalue weighted by atomic mass is 127. The predicted molar refractivity (Wildman–Crippen MR) is 122 cm³/mol. The van der Waals surface area contributed by atoms with Crippen molar-refractivity contribution in [1.29, 1.82) is 0 Å². The fourth-order valence-electron chi connectivity index (χ4n) is 2.01. The predicted octanol–water partition coefficient (Wildman–Crippen LogP) is 3.02. The number of benzene rings is 1. The molecule has 1 rings (SSSR count). The molecule has 1 amide bonds. The molecular formula is C18H30BrIN4O2. The van der Waals surface area contributed by atoms with Crippen LogP contribution in [-0.2, 0) is 4.74 Å². The first-order chi connectivity index (χ1) is 12.0. The van der Waals surface area contributed by atoms with E-state index >= 15 is 0 Å². The van der Waals surface area contributed by atoms with Crippen LogP contribution in [0.2, 0.25) is 0 Å². The number of nitrogens with one attached hydrogen (secondary N) is 3. The summed E-state index contributed by atoms with van der Waals surface area (Å²) in [6.45, 7) is 7.73. The van der Waals surface area contributed by atoms with Crippen molar-refractivity contribution in [3.63, 3.8) is 0 Å². The zero-order chi connectivity index (χ0) is 18.5. The number of carbonyl (C=O) groups excluding carboxylic acids is 1. The molecule has 0 aliphatic rings. The Kier molecular flexibility index (Phi) is 14.7. The normalized spacial score (nSPS) is 11.0. The zero-order valence-electron chi connectivity index (χ0n) is 15.7. The molecule has 0 aliphatic carbocycles. The summed E-state index contributed by atoms with van der Waals surface area (Å²) in [7, 11) is 1.73. The number of hydrogen-bond acceptors (Lipinski definition) is 3. The molecule has 3 N–H and O–H groups in total. The van der Waals surface area contributed by atoms with Crippen LogP contribution in [0.25, 0.3) is 0 Å². The van der Waals surface area contributed by atoms with Crippen molar-refractivity contribution >= 4 is 51.8 Å². The van der Waals surface area contributed by atoms with Crippen molar-refractivity contribution in [2.45, 2.75) is 20.3 Å². The maximum atomic E-state index is 12.0. The van der Waals surface area contributed by atoms with E-state index in [0.29, 0.717) is 24.6 Å². The Hall–Kier alpha value is -0.870. The molecule has 0 saturated carbocycles. The minimum absolute atomic E-state index is 0. The Morgan fingerprint density at radius 1 is 1.19 bits per heavy atom. The fraction of sp³-hybridized carbons (Fsp3) is 0.556. The van der Waals surface area contributed by atoms with Gasteiger partial charge in [-0.3, -0.25) is 9.79 Å². The second-order valence-corrected chi connectivity index (χ2v) is 6.93. The number of carbonyl (C=O) groups is 1. The van der Waals surface area contributed by atoms with E-state index in [4.69, 9.17) is 4.74 Å². The van der Waals surface area contributed by atoms with Gasteiger partial charge in [0, 0.05) is 49.9 Å². The van der Waals surface area contributed by atoms with Gasteiger partial charge in [-0.05, 0) is 30.5 Å². The average molecular weight is 541 g/mol. The Balaban J connectivity index is 0.00000625. The molecule has 0 atom stereocenters. The van der Waals surface area contributed by atoms with E-state index in [2.05, 4.69) is 50.7 Å². The molecule has 1 aromatic carbocycles. The van der Waals surface area contributed by atoms with Crippen LogP contribution in [0.1, 0.15) is 30.6 Å². The average Bonchev–Trinajstić information content (AvgIpc) is 2.59. The Bertz CT molecular complexity index is 556. The summed E-state index contributed by atoms with van der Waals surface area (Å²) in [5, 5.41) is 9.27. The largest absolute Gasteiger partial charge is 0.381 e. The molecule has 0 saturated heterocycles. The number of halogens is 2. The summed E-state index contributed by atoms with van der Waals surface area (Å²) in [5.41, 5.74) is 0.637. The molecule has 0 spiro atoms. The Morgan fingerprint density at radius 3 is 2.54 bits per heavy atom. The summed E-state index contributed by atoms with van der Waals surface area (Å²) in [4.78, 5) is 16.2. The highest BCUT2D eigenvalue weighted by Gasteiger charge is 2.05. The van der Waals surface area contributed by atoms with Crippen molar-refractivity contribution in [3.05, 3.63) is 34.3 Å². The molecule has 8 heteroatoms. The van der Waals surface area contributed by atoms with Gasteiger partial charge in [0.15, 0.2) is 5.96 Å². The van der Waals surface area contributed by atoms with E-state index in [1.54, 1.807) is 19.2 Å². The van der Waals surface area contributed by atoms with Crippen molar-refractivity contribution in [1.82, 2.24) is 16.0 Å². The standard InChI is InChI=1S/C18H29BrN4O2.HI/c1-14(2)13-25-11-5-8-22-18(20-3)23-10-9-21-17(24)15-6-4-7-16(19)12-15;/h4,6-7,12,14H,5,8-11,13H2,1-3H3,(H,21,24)(H2,20,22,23);1H. The second-order valence-electron chi connectivity index (χ2n) is 6.01. The third-order valence-electron chi connectivity index (χ3n) is 3.22. The quantitative estimate of drug-likeness (QED) is 0.184.